The van der Waals surface area contributed by atoms with E-state index in [9.17, 15) is 4.39 Å². The Balaban J connectivity index is 2.09. The molecule has 5 heteroatoms. The van der Waals surface area contributed by atoms with Crippen molar-refractivity contribution in [3.05, 3.63) is 40.3 Å². The molecule has 0 unspecified atom stereocenters. The van der Waals surface area contributed by atoms with Crippen LogP contribution in [0.15, 0.2) is 18.2 Å². The van der Waals surface area contributed by atoms with Crippen LogP contribution in [0.25, 0.3) is 11.4 Å². The molecule has 0 fully saturated rings. The molecule has 0 spiro atoms. The molecule has 1 aliphatic carbocycles. The first-order valence-corrected chi connectivity index (χ1v) is 7.66. The molecule has 0 amide bonds. The van der Waals surface area contributed by atoms with Crippen LogP contribution in [0.4, 0.5) is 10.2 Å². The van der Waals surface area contributed by atoms with Gasteiger partial charge in [-0.2, -0.15) is 0 Å². The Morgan fingerprint density at radius 3 is 2.81 bits per heavy atom. The normalized spacial score (nSPS) is 13.9. The van der Waals surface area contributed by atoms with Crippen LogP contribution in [0, 0.1) is 5.82 Å². The highest BCUT2D eigenvalue weighted by Crippen LogP contribution is 2.29. The third kappa shape index (κ3) is 2.86. The Hall–Kier alpha value is -1.68. The standard InChI is InChI=1S/C16H17ClFN3/c1-2-19-16-11-5-3-4-6-14(11)20-15(21-16)10-7-8-13(18)12(17)9-10/h7-9H,2-6H2,1H3,(H,19,20,21). The van der Waals surface area contributed by atoms with Crippen molar-refractivity contribution in [1.82, 2.24) is 9.97 Å². The van der Waals surface area contributed by atoms with Crippen LogP contribution in [0.3, 0.4) is 0 Å². The van der Waals surface area contributed by atoms with Gasteiger partial charge in [-0.25, -0.2) is 14.4 Å². The highest BCUT2D eigenvalue weighted by molar-refractivity contribution is 6.31. The Labute approximate surface area is 128 Å². The van der Waals surface area contributed by atoms with Crippen molar-refractivity contribution in [3.63, 3.8) is 0 Å². The molecule has 0 aliphatic heterocycles. The van der Waals surface area contributed by atoms with Crippen molar-refractivity contribution in [3.8, 4) is 11.4 Å². The Morgan fingerprint density at radius 1 is 1.24 bits per heavy atom. The average Bonchev–Trinajstić information content (AvgIpc) is 2.50. The van der Waals surface area contributed by atoms with Crippen LogP contribution >= 0.6 is 11.6 Å². The summed E-state index contributed by atoms with van der Waals surface area (Å²) in [5.74, 6) is 1.08. The maximum absolute atomic E-state index is 13.3. The van der Waals surface area contributed by atoms with Crippen LogP contribution in [-0.2, 0) is 12.8 Å². The average molecular weight is 306 g/mol. The fourth-order valence-electron chi connectivity index (χ4n) is 2.67. The van der Waals surface area contributed by atoms with Crippen LogP contribution in [0.5, 0.6) is 0 Å². The monoisotopic (exact) mass is 305 g/mol. The summed E-state index contributed by atoms with van der Waals surface area (Å²) >= 11 is 5.86. The highest BCUT2D eigenvalue weighted by atomic mass is 35.5. The van der Waals surface area contributed by atoms with Gasteiger partial charge in [-0.3, -0.25) is 0 Å². The molecule has 110 valence electrons. The predicted molar refractivity (Wildman–Crippen MR) is 83.2 cm³/mol. The molecule has 0 saturated carbocycles. The van der Waals surface area contributed by atoms with Crippen molar-refractivity contribution in [2.24, 2.45) is 0 Å². The summed E-state index contributed by atoms with van der Waals surface area (Å²) in [6.45, 7) is 2.86. The van der Waals surface area contributed by atoms with E-state index in [1.807, 2.05) is 6.92 Å². The zero-order valence-corrected chi connectivity index (χ0v) is 12.7. The molecule has 0 bridgehead atoms. The number of hydrogen-bond donors (Lipinski definition) is 1. The number of anilines is 1. The van der Waals surface area contributed by atoms with E-state index in [-0.39, 0.29) is 5.02 Å². The summed E-state index contributed by atoms with van der Waals surface area (Å²) in [7, 11) is 0. The van der Waals surface area contributed by atoms with E-state index in [2.05, 4.69) is 15.3 Å². The first-order chi connectivity index (χ1) is 10.2. The van der Waals surface area contributed by atoms with E-state index in [0.717, 1.165) is 42.9 Å². The molecule has 0 saturated heterocycles. The number of rotatable bonds is 3. The molecular formula is C16H17ClFN3. The number of aryl methyl sites for hydroxylation is 1. The maximum Gasteiger partial charge on any atom is 0.161 e. The quantitative estimate of drug-likeness (QED) is 0.921. The van der Waals surface area contributed by atoms with Crippen LogP contribution in [0.1, 0.15) is 31.0 Å². The van der Waals surface area contributed by atoms with Crippen molar-refractivity contribution in [2.75, 3.05) is 11.9 Å². The molecule has 1 aromatic carbocycles. The van der Waals surface area contributed by atoms with E-state index in [0.29, 0.717) is 5.82 Å². The summed E-state index contributed by atoms with van der Waals surface area (Å²) in [5.41, 5.74) is 3.07. The lowest BCUT2D eigenvalue weighted by Gasteiger charge is -2.19. The van der Waals surface area contributed by atoms with Gasteiger partial charge in [0.2, 0.25) is 0 Å². The van der Waals surface area contributed by atoms with E-state index < -0.39 is 5.82 Å². The zero-order chi connectivity index (χ0) is 14.8. The first kappa shape index (κ1) is 14.3. The van der Waals surface area contributed by atoms with Gasteiger partial charge >= 0.3 is 0 Å². The SMILES string of the molecule is CCNc1nc(-c2ccc(F)c(Cl)c2)nc2c1CCCC2. The third-order valence-electron chi connectivity index (χ3n) is 3.71. The fraction of sp³-hybridized carbons (Fsp3) is 0.375. The summed E-state index contributed by atoms with van der Waals surface area (Å²) in [4.78, 5) is 9.28. The minimum Gasteiger partial charge on any atom is -0.370 e. The molecule has 3 rings (SSSR count). The molecule has 1 N–H and O–H groups in total. The molecule has 0 atom stereocenters. The first-order valence-electron chi connectivity index (χ1n) is 7.28. The van der Waals surface area contributed by atoms with Gasteiger partial charge in [-0.15, -0.1) is 0 Å². The summed E-state index contributed by atoms with van der Waals surface area (Å²) in [6.07, 6.45) is 4.32. The lowest BCUT2D eigenvalue weighted by Crippen LogP contribution is -2.13. The van der Waals surface area contributed by atoms with Gasteiger partial charge in [0.15, 0.2) is 5.82 Å². The van der Waals surface area contributed by atoms with Gasteiger partial charge < -0.3 is 5.32 Å². The summed E-state index contributed by atoms with van der Waals surface area (Å²) in [5, 5.41) is 3.41. The third-order valence-corrected chi connectivity index (χ3v) is 3.99. The van der Waals surface area contributed by atoms with Gasteiger partial charge in [-0.1, -0.05) is 11.6 Å². The van der Waals surface area contributed by atoms with Crippen LogP contribution in [-0.4, -0.2) is 16.5 Å². The molecule has 1 aromatic heterocycles. The molecule has 3 nitrogen and oxygen atoms in total. The van der Waals surface area contributed by atoms with E-state index in [1.165, 1.54) is 18.1 Å². The number of nitrogens with zero attached hydrogens (tertiary/aromatic N) is 2. The second-order valence-electron chi connectivity index (χ2n) is 5.19. The molecule has 1 aliphatic rings. The number of nitrogens with one attached hydrogen (secondary N) is 1. The molecule has 1 heterocycles. The van der Waals surface area contributed by atoms with E-state index in [4.69, 9.17) is 11.6 Å². The lowest BCUT2D eigenvalue weighted by molar-refractivity contribution is 0.628. The van der Waals surface area contributed by atoms with Gasteiger partial charge in [-0.05, 0) is 50.8 Å². The van der Waals surface area contributed by atoms with Crippen molar-refractivity contribution >= 4 is 17.4 Å². The smallest absolute Gasteiger partial charge is 0.161 e. The van der Waals surface area contributed by atoms with Gasteiger partial charge in [0.25, 0.3) is 0 Å². The second-order valence-corrected chi connectivity index (χ2v) is 5.59. The van der Waals surface area contributed by atoms with Gasteiger partial charge in [0, 0.05) is 23.4 Å². The molecule has 21 heavy (non-hydrogen) atoms. The van der Waals surface area contributed by atoms with Crippen LogP contribution in [0.2, 0.25) is 5.02 Å². The molecule has 0 radical (unpaired) electrons. The minimum absolute atomic E-state index is 0.0961. The largest absolute Gasteiger partial charge is 0.370 e. The lowest BCUT2D eigenvalue weighted by atomic mass is 9.96. The zero-order valence-electron chi connectivity index (χ0n) is 11.9. The van der Waals surface area contributed by atoms with Crippen molar-refractivity contribution in [1.29, 1.82) is 0 Å². The number of halogens is 2. The fourth-order valence-corrected chi connectivity index (χ4v) is 2.85. The predicted octanol–water partition coefficient (Wildman–Crippen LogP) is 4.25. The number of fused-ring (bicyclic) bond motifs is 1. The van der Waals surface area contributed by atoms with Crippen molar-refractivity contribution in [2.45, 2.75) is 32.6 Å². The Bertz CT molecular complexity index is 673. The molecule has 2 aromatic rings. The van der Waals surface area contributed by atoms with E-state index in [1.54, 1.807) is 12.1 Å². The Kier molecular flexibility index (Phi) is 4.06. The summed E-state index contributed by atoms with van der Waals surface area (Å²) < 4.78 is 13.3. The van der Waals surface area contributed by atoms with Gasteiger partial charge in [0.05, 0.1) is 5.02 Å². The maximum atomic E-state index is 13.3. The topological polar surface area (TPSA) is 37.8 Å². The van der Waals surface area contributed by atoms with Crippen LogP contribution < -0.4 is 5.32 Å². The second kappa shape index (κ2) is 5.98. The highest BCUT2D eigenvalue weighted by Gasteiger charge is 2.18. The van der Waals surface area contributed by atoms with E-state index >= 15 is 0 Å². The Morgan fingerprint density at radius 2 is 2.05 bits per heavy atom. The number of hydrogen-bond acceptors (Lipinski definition) is 3. The van der Waals surface area contributed by atoms with Crippen molar-refractivity contribution < 1.29 is 4.39 Å². The summed E-state index contributed by atoms with van der Waals surface area (Å²) in [6, 6.07) is 4.60. The van der Waals surface area contributed by atoms with Gasteiger partial charge in [0.1, 0.15) is 11.6 Å². The number of aromatic nitrogens is 2. The number of benzene rings is 1. The minimum atomic E-state index is -0.426. The molecular weight excluding hydrogens is 289 g/mol.